The van der Waals surface area contributed by atoms with Crippen molar-refractivity contribution in [2.24, 2.45) is 0 Å². The molecule has 23 heavy (non-hydrogen) atoms. The Morgan fingerprint density at radius 3 is 2.35 bits per heavy atom. The predicted molar refractivity (Wildman–Crippen MR) is 85.4 cm³/mol. The molecule has 8 heteroatoms. The molecule has 2 rings (SSSR count). The van der Waals surface area contributed by atoms with Gasteiger partial charge in [-0.3, -0.25) is 4.79 Å². The van der Waals surface area contributed by atoms with Gasteiger partial charge in [-0.05, 0) is 36.4 Å². The van der Waals surface area contributed by atoms with Gasteiger partial charge < -0.3 is 5.32 Å². The van der Waals surface area contributed by atoms with E-state index < -0.39 is 21.7 Å². The molecule has 2 aromatic carbocycles. The number of hydrogen-bond acceptors (Lipinski definition) is 3. The van der Waals surface area contributed by atoms with Gasteiger partial charge in [0.2, 0.25) is 10.0 Å². The molecular formula is C15H14ClFN2O3S. The molecule has 122 valence electrons. The lowest BCUT2D eigenvalue weighted by molar-refractivity contribution is 0.0950. The molecule has 1 amide bonds. The highest BCUT2D eigenvalue weighted by Crippen LogP contribution is 2.13. The molecule has 5 nitrogen and oxygen atoms in total. The van der Waals surface area contributed by atoms with Crippen LogP contribution >= 0.6 is 11.6 Å². The van der Waals surface area contributed by atoms with E-state index >= 15 is 0 Å². The molecular weight excluding hydrogens is 343 g/mol. The Morgan fingerprint density at radius 2 is 1.70 bits per heavy atom. The standard InChI is InChI=1S/C15H14ClFN2O3S/c16-11-5-7-12(8-6-11)23(21,22)19-10-9-18-15(20)13-3-1-2-4-14(13)17/h1-8,19H,9-10H2,(H,18,20). The third kappa shape index (κ3) is 4.75. The first-order valence-corrected chi connectivity index (χ1v) is 8.54. The van der Waals surface area contributed by atoms with E-state index in [-0.39, 0.29) is 23.5 Å². The van der Waals surface area contributed by atoms with Crippen molar-refractivity contribution in [3.8, 4) is 0 Å². The third-order valence-corrected chi connectivity index (χ3v) is 4.67. The van der Waals surface area contributed by atoms with Crippen molar-refractivity contribution >= 4 is 27.5 Å². The van der Waals surface area contributed by atoms with Crippen LogP contribution in [0.2, 0.25) is 5.02 Å². The first-order chi connectivity index (χ1) is 10.9. The summed E-state index contributed by atoms with van der Waals surface area (Å²) in [5, 5.41) is 2.88. The van der Waals surface area contributed by atoms with Gasteiger partial charge in [0.25, 0.3) is 5.91 Å². The Bertz CT molecular complexity index is 795. The summed E-state index contributed by atoms with van der Waals surface area (Å²) in [6.45, 7) is 0.00510. The monoisotopic (exact) mass is 356 g/mol. The summed E-state index contributed by atoms with van der Waals surface area (Å²) < 4.78 is 39.7. The summed E-state index contributed by atoms with van der Waals surface area (Å²) >= 11 is 5.70. The molecule has 0 bridgehead atoms. The van der Waals surface area contributed by atoms with Crippen LogP contribution in [0.3, 0.4) is 0 Å². The molecule has 0 unspecified atom stereocenters. The Morgan fingerprint density at radius 1 is 1.04 bits per heavy atom. The fourth-order valence-electron chi connectivity index (χ4n) is 1.80. The lowest BCUT2D eigenvalue weighted by Crippen LogP contribution is -2.35. The first-order valence-electron chi connectivity index (χ1n) is 6.68. The van der Waals surface area contributed by atoms with Gasteiger partial charge in [-0.25, -0.2) is 17.5 Å². The summed E-state index contributed by atoms with van der Waals surface area (Å²) in [7, 11) is -3.68. The van der Waals surface area contributed by atoms with E-state index in [0.29, 0.717) is 5.02 Å². The van der Waals surface area contributed by atoms with E-state index in [1.807, 2.05) is 0 Å². The average molecular weight is 357 g/mol. The van der Waals surface area contributed by atoms with E-state index in [9.17, 15) is 17.6 Å². The minimum atomic E-state index is -3.68. The molecule has 2 N–H and O–H groups in total. The fourth-order valence-corrected chi connectivity index (χ4v) is 2.96. The Balaban J connectivity index is 1.86. The second-order valence-corrected chi connectivity index (χ2v) is 6.79. The summed E-state index contributed by atoms with van der Waals surface area (Å²) in [5.74, 6) is -1.24. The van der Waals surface area contributed by atoms with Crippen molar-refractivity contribution in [3.05, 3.63) is 64.9 Å². The Labute approximate surface area is 138 Å². The number of sulfonamides is 1. The van der Waals surface area contributed by atoms with Crippen LogP contribution in [-0.2, 0) is 10.0 Å². The lowest BCUT2D eigenvalue weighted by Gasteiger charge is -2.08. The zero-order chi connectivity index (χ0) is 16.9. The second kappa shape index (κ2) is 7.54. The Hall–Kier alpha value is -1.96. The highest BCUT2D eigenvalue weighted by Gasteiger charge is 2.14. The molecule has 0 saturated heterocycles. The molecule has 0 spiro atoms. The van der Waals surface area contributed by atoms with Gasteiger partial charge in [-0.2, -0.15) is 0 Å². The first kappa shape index (κ1) is 17.4. The maximum atomic E-state index is 13.4. The number of halogens is 2. The van der Waals surface area contributed by atoms with Crippen LogP contribution in [0.4, 0.5) is 4.39 Å². The zero-order valence-electron chi connectivity index (χ0n) is 11.9. The Kier molecular flexibility index (Phi) is 5.70. The third-order valence-electron chi connectivity index (χ3n) is 2.95. The van der Waals surface area contributed by atoms with Gasteiger partial charge in [-0.1, -0.05) is 23.7 Å². The highest BCUT2D eigenvalue weighted by molar-refractivity contribution is 7.89. The van der Waals surface area contributed by atoms with Gasteiger partial charge in [0.1, 0.15) is 5.82 Å². The van der Waals surface area contributed by atoms with Crippen LogP contribution in [0, 0.1) is 5.82 Å². The molecule has 2 aromatic rings. The van der Waals surface area contributed by atoms with Crippen LogP contribution < -0.4 is 10.0 Å². The molecule has 0 heterocycles. The molecule has 0 atom stereocenters. The second-order valence-electron chi connectivity index (χ2n) is 4.59. The summed E-state index contributed by atoms with van der Waals surface area (Å²) in [6, 6.07) is 11.2. The van der Waals surface area contributed by atoms with Crippen LogP contribution in [0.1, 0.15) is 10.4 Å². The smallest absolute Gasteiger partial charge is 0.254 e. The van der Waals surface area contributed by atoms with Crippen molar-refractivity contribution in [2.75, 3.05) is 13.1 Å². The van der Waals surface area contributed by atoms with Crippen molar-refractivity contribution in [1.29, 1.82) is 0 Å². The molecule has 0 saturated carbocycles. The van der Waals surface area contributed by atoms with Crippen molar-refractivity contribution in [2.45, 2.75) is 4.90 Å². The molecule has 0 aliphatic carbocycles. The summed E-state index contributed by atoms with van der Waals surface area (Å²) in [4.78, 5) is 11.8. The average Bonchev–Trinajstić information content (AvgIpc) is 2.52. The van der Waals surface area contributed by atoms with Crippen LogP contribution in [0.5, 0.6) is 0 Å². The quantitative estimate of drug-likeness (QED) is 0.779. The maximum absolute atomic E-state index is 13.4. The van der Waals surface area contributed by atoms with Crippen LogP contribution in [0.15, 0.2) is 53.4 Å². The van der Waals surface area contributed by atoms with Crippen LogP contribution in [0.25, 0.3) is 0 Å². The van der Waals surface area contributed by atoms with E-state index in [4.69, 9.17) is 11.6 Å². The number of carbonyl (C=O) groups is 1. The SMILES string of the molecule is O=C(NCCNS(=O)(=O)c1ccc(Cl)cc1)c1ccccc1F. The predicted octanol–water partition coefficient (Wildman–Crippen LogP) is 2.19. The minimum absolute atomic E-state index is 0.0227. The van der Waals surface area contributed by atoms with E-state index in [1.165, 1.54) is 42.5 Å². The van der Waals surface area contributed by atoms with Gasteiger partial charge in [-0.15, -0.1) is 0 Å². The number of carbonyl (C=O) groups excluding carboxylic acids is 1. The van der Waals surface area contributed by atoms with Crippen molar-refractivity contribution in [3.63, 3.8) is 0 Å². The zero-order valence-corrected chi connectivity index (χ0v) is 13.5. The number of benzene rings is 2. The fraction of sp³-hybridized carbons (Fsp3) is 0.133. The molecule has 0 radical (unpaired) electrons. The lowest BCUT2D eigenvalue weighted by atomic mass is 10.2. The van der Waals surface area contributed by atoms with Crippen molar-refractivity contribution < 1.29 is 17.6 Å². The van der Waals surface area contributed by atoms with Crippen molar-refractivity contribution in [1.82, 2.24) is 10.0 Å². The number of amides is 1. The summed E-state index contributed by atoms with van der Waals surface area (Å²) in [5.41, 5.74) is -0.0898. The van der Waals surface area contributed by atoms with Gasteiger partial charge in [0, 0.05) is 18.1 Å². The molecule has 0 fully saturated rings. The largest absolute Gasteiger partial charge is 0.351 e. The number of rotatable bonds is 6. The van der Waals surface area contributed by atoms with Crippen LogP contribution in [-0.4, -0.2) is 27.4 Å². The van der Waals surface area contributed by atoms with E-state index in [0.717, 1.165) is 0 Å². The normalized spacial score (nSPS) is 11.2. The van der Waals surface area contributed by atoms with E-state index in [2.05, 4.69) is 10.0 Å². The van der Waals surface area contributed by atoms with Gasteiger partial charge in [0.15, 0.2) is 0 Å². The maximum Gasteiger partial charge on any atom is 0.254 e. The topological polar surface area (TPSA) is 75.3 Å². The number of nitrogens with one attached hydrogen (secondary N) is 2. The number of hydrogen-bond donors (Lipinski definition) is 2. The van der Waals surface area contributed by atoms with E-state index in [1.54, 1.807) is 6.07 Å². The van der Waals surface area contributed by atoms with Gasteiger partial charge in [0.05, 0.1) is 10.5 Å². The summed E-state index contributed by atoms with van der Waals surface area (Å²) in [6.07, 6.45) is 0. The molecule has 0 aromatic heterocycles. The van der Waals surface area contributed by atoms with Gasteiger partial charge >= 0.3 is 0 Å². The molecule has 0 aliphatic rings. The minimum Gasteiger partial charge on any atom is -0.351 e. The molecule has 0 aliphatic heterocycles. The highest BCUT2D eigenvalue weighted by atomic mass is 35.5.